The average Bonchev–Trinajstić information content (AvgIpc) is 2.48. The summed E-state index contributed by atoms with van der Waals surface area (Å²) in [4.78, 5) is 4.21. The fraction of sp³-hybridized carbons (Fsp3) is 0.400. The van der Waals surface area contributed by atoms with Crippen molar-refractivity contribution in [3.05, 3.63) is 47.5 Å². The maximum absolute atomic E-state index is 9.87. The summed E-state index contributed by atoms with van der Waals surface area (Å²) in [7, 11) is 0. The number of aliphatic hydroxyl groups is 4. The van der Waals surface area contributed by atoms with Crippen LogP contribution in [0.25, 0.3) is 0 Å². The second kappa shape index (κ2) is 12.0. The minimum atomic E-state index is -1.33. The zero-order valence-corrected chi connectivity index (χ0v) is 15.5. The van der Waals surface area contributed by atoms with Gasteiger partial charge in [0.1, 0.15) is 18.3 Å². The molecule has 0 aliphatic heterocycles. The first-order valence-electron chi connectivity index (χ1n) is 6.54. The lowest BCUT2D eigenvalue weighted by Crippen LogP contribution is -2.48. The first kappa shape index (κ1) is 24.8. The summed E-state index contributed by atoms with van der Waals surface area (Å²) in [6, 6.07) is 9.08. The van der Waals surface area contributed by atoms with Crippen molar-refractivity contribution in [3.63, 3.8) is 0 Å². The van der Waals surface area contributed by atoms with Crippen molar-refractivity contribution in [2.45, 2.75) is 30.8 Å². The van der Waals surface area contributed by atoms with Crippen LogP contribution in [-0.2, 0) is 6.42 Å². The van der Waals surface area contributed by atoms with Gasteiger partial charge in [0.05, 0.1) is 12.6 Å². The van der Waals surface area contributed by atoms with Crippen LogP contribution >= 0.6 is 40.5 Å². The molecule has 0 heterocycles. The van der Waals surface area contributed by atoms with Crippen molar-refractivity contribution < 1.29 is 20.4 Å². The zero-order chi connectivity index (χ0) is 14.5. The summed E-state index contributed by atoms with van der Waals surface area (Å²) in [5.74, 6) is 0. The van der Waals surface area contributed by atoms with Crippen LogP contribution in [0.2, 0.25) is 0 Å². The molecule has 0 spiro atoms. The molecule has 1 aliphatic carbocycles. The first-order valence-corrected chi connectivity index (χ1v) is 6.54. The summed E-state index contributed by atoms with van der Waals surface area (Å²) in [5, 5.41) is 38.3. The van der Waals surface area contributed by atoms with Crippen molar-refractivity contribution in [3.8, 4) is 0 Å². The summed E-state index contributed by atoms with van der Waals surface area (Å²) >= 11 is 0. The van der Waals surface area contributed by atoms with E-state index < -0.39 is 24.4 Å². The smallest absolute Gasteiger partial charge is 0.112 e. The molecule has 0 fully saturated rings. The van der Waals surface area contributed by atoms with E-state index in [4.69, 9.17) is 5.11 Å². The molecule has 0 saturated heterocycles. The SMILES string of the molecule is OCC1=C[C@H](N=CCc2ccccc2)[C@H](O)C(O)[C@@H]1O.S.S.S. The van der Waals surface area contributed by atoms with Gasteiger partial charge in [-0.1, -0.05) is 36.4 Å². The monoisotopic (exact) mass is 379 g/mol. The van der Waals surface area contributed by atoms with Crippen molar-refractivity contribution >= 4 is 46.7 Å². The Bertz CT molecular complexity index is 499. The number of nitrogens with zero attached hydrogens (tertiary/aromatic N) is 1. The van der Waals surface area contributed by atoms with E-state index in [2.05, 4.69) is 4.99 Å². The molecule has 1 unspecified atom stereocenters. The van der Waals surface area contributed by atoms with E-state index in [-0.39, 0.29) is 52.7 Å². The van der Waals surface area contributed by atoms with Crippen LogP contribution in [0.4, 0.5) is 0 Å². The Hall–Kier alpha value is -0.480. The van der Waals surface area contributed by atoms with Gasteiger partial charge in [-0.3, -0.25) is 4.99 Å². The highest BCUT2D eigenvalue weighted by molar-refractivity contribution is 7.59. The van der Waals surface area contributed by atoms with Gasteiger partial charge in [0.2, 0.25) is 0 Å². The van der Waals surface area contributed by atoms with Gasteiger partial charge in [-0.05, 0) is 11.1 Å². The highest BCUT2D eigenvalue weighted by Gasteiger charge is 2.36. The van der Waals surface area contributed by atoms with Gasteiger partial charge in [-0.25, -0.2) is 0 Å². The summed E-state index contributed by atoms with van der Waals surface area (Å²) in [5.41, 5.74) is 1.37. The van der Waals surface area contributed by atoms with Crippen molar-refractivity contribution in [1.82, 2.24) is 0 Å². The van der Waals surface area contributed by atoms with Gasteiger partial charge in [0.25, 0.3) is 0 Å². The minimum absolute atomic E-state index is 0. The lowest BCUT2D eigenvalue weighted by atomic mass is 9.88. The Morgan fingerprint density at radius 1 is 0.957 bits per heavy atom. The fourth-order valence-corrected chi connectivity index (χ4v) is 2.20. The van der Waals surface area contributed by atoms with Crippen LogP contribution in [0.3, 0.4) is 0 Å². The van der Waals surface area contributed by atoms with Gasteiger partial charge in [-0.2, -0.15) is 40.5 Å². The second-order valence-corrected chi connectivity index (χ2v) is 4.84. The Labute approximate surface area is 157 Å². The quantitative estimate of drug-likeness (QED) is 0.438. The molecule has 0 aromatic heterocycles. The van der Waals surface area contributed by atoms with Crippen molar-refractivity contribution in [1.29, 1.82) is 0 Å². The maximum atomic E-state index is 9.87. The van der Waals surface area contributed by atoms with Gasteiger partial charge in [-0.15, -0.1) is 0 Å². The normalized spacial score (nSPS) is 26.5. The Balaban J connectivity index is 0. The molecule has 1 aromatic rings. The Morgan fingerprint density at radius 3 is 2.13 bits per heavy atom. The van der Waals surface area contributed by atoms with E-state index >= 15 is 0 Å². The van der Waals surface area contributed by atoms with Crippen LogP contribution in [0, 0.1) is 0 Å². The molecular formula is C15H25NO4S3. The molecule has 2 rings (SSSR count). The maximum Gasteiger partial charge on any atom is 0.112 e. The van der Waals surface area contributed by atoms with Gasteiger partial charge in [0.15, 0.2) is 0 Å². The molecule has 1 aromatic carbocycles. The first-order chi connectivity index (χ1) is 9.63. The van der Waals surface area contributed by atoms with Crippen molar-refractivity contribution in [2.24, 2.45) is 4.99 Å². The molecule has 0 saturated carbocycles. The third kappa shape index (κ3) is 6.50. The van der Waals surface area contributed by atoms with E-state index in [1.54, 1.807) is 6.21 Å². The molecule has 4 atom stereocenters. The molecule has 4 N–H and O–H groups in total. The largest absolute Gasteiger partial charge is 0.392 e. The molecule has 8 heteroatoms. The molecule has 23 heavy (non-hydrogen) atoms. The highest BCUT2D eigenvalue weighted by atomic mass is 32.1. The lowest BCUT2D eigenvalue weighted by molar-refractivity contribution is -0.0592. The lowest BCUT2D eigenvalue weighted by Gasteiger charge is -2.32. The summed E-state index contributed by atoms with van der Waals surface area (Å²) in [6.07, 6.45) is 0.0390. The van der Waals surface area contributed by atoms with Crippen LogP contribution in [0.1, 0.15) is 5.56 Å². The molecule has 0 radical (unpaired) electrons. The van der Waals surface area contributed by atoms with Gasteiger partial charge in [0, 0.05) is 12.6 Å². The zero-order valence-electron chi connectivity index (χ0n) is 12.5. The Kier molecular flexibility index (Phi) is 12.9. The molecule has 132 valence electrons. The summed E-state index contributed by atoms with van der Waals surface area (Å²) < 4.78 is 0. The van der Waals surface area contributed by atoms with Crippen LogP contribution in [-0.4, -0.2) is 57.6 Å². The van der Waals surface area contributed by atoms with Crippen molar-refractivity contribution in [2.75, 3.05) is 6.61 Å². The number of benzene rings is 1. The highest BCUT2D eigenvalue weighted by Crippen LogP contribution is 2.21. The van der Waals surface area contributed by atoms with Crippen LogP contribution < -0.4 is 0 Å². The van der Waals surface area contributed by atoms with E-state index in [0.717, 1.165) is 5.56 Å². The van der Waals surface area contributed by atoms with E-state index in [0.29, 0.717) is 6.42 Å². The van der Waals surface area contributed by atoms with Crippen LogP contribution in [0.5, 0.6) is 0 Å². The number of aliphatic hydroxyl groups excluding tert-OH is 4. The number of rotatable bonds is 4. The minimum Gasteiger partial charge on any atom is -0.392 e. The van der Waals surface area contributed by atoms with E-state index in [1.165, 1.54) is 6.08 Å². The molecule has 1 aliphatic rings. The topological polar surface area (TPSA) is 93.3 Å². The summed E-state index contributed by atoms with van der Waals surface area (Å²) in [6.45, 7) is -0.365. The van der Waals surface area contributed by atoms with Gasteiger partial charge >= 0.3 is 0 Å². The predicted octanol–water partition coefficient (Wildman–Crippen LogP) is 0.0219. The second-order valence-electron chi connectivity index (χ2n) is 4.84. The number of hydrogen-bond donors (Lipinski definition) is 4. The Morgan fingerprint density at radius 2 is 1.57 bits per heavy atom. The van der Waals surface area contributed by atoms with Gasteiger partial charge < -0.3 is 20.4 Å². The molecule has 0 amide bonds. The number of aliphatic imine (C=N–C) groups is 1. The fourth-order valence-electron chi connectivity index (χ4n) is 2.20. The molecule has 5 nitrogen and oxygen atoms in total. The predicted molar refractivity (Wildman–Crippen MR) is 107 cm³/mol. The number of hydrogen-bond acceptors (Lipinski definition) is 5. The average molecular weight is 380 g/mol. The third-order valence-corrected chi connectivity index (χ3v) is 3.42. The van der Waals surface area contributed by atoms with E-state index in [1.807, 2.05) is 30.3 Å². The van der Waals surface area contributed by atoms with E-state index in [9.17, 15) is 15.3 Å². The van der Waals surface area contributed by atoms with Crippen LogP contribution in [0.15, 0.2) is 47.0 Å². The third-order valence-electron chi connectivity index (χ3n) is 3.42. The standard InChI is InChI=1S/C15H19NO4.3H2S/c17-9-11-8-12(14(19)15(20)13(11)18)16-7-6-10-4-2-1-3-5-10;;;/h1-5,7-8,12-15,17-20H,6,9H2;3*1H2/t12-,13+,14-,15?;;;/m0.../s1. The molecular weight excluding hydrogens is 354 g/mol. The molecule has 0 bridgehead atoms.